The molecule has 1 amide bonds. The maximum Gasteiger partial charge on any atom is 0.260 e. The van der Waals surface area contributed by atoms with Crippen LogP contribution in [0.3, 0.4) is 0 Å². The molecule has 21 heavy (non-hydrogen) atoms. The molecule has 0 bridgehead atoms. The van der Waals surface area contributed by atoms with Gasteiger partial charge in [-0.15, -0.1) is 0 Å². The van der Waals surface area contributed by atoms with E-state index in [9.17, 15) is 4.79 Å². The van der Waals surface area contributed by atoms with Gasteiger partial charge in [0.05, 0.1) is 10.8 Å². The Balaban J connectivity index is 1.81. The summed E-state index contributed by atoms with van der Waals surface area (Å²) < 4.78 is 6.33. The van der Waals surface area contributed by atoms with E-state index in [0.29, 0.717) is 28.2 Å². The summed E-state index contributed by atoms with van der Waals surface area (Å²) in [5.74, 6) is 0.409. The first-order chi connectivity index (χ1) is 10.1. The zero-order valence-electron chi connectivity index (χ0n) is 11.4. The number of rotatable bonds is 6. The molecule has 0 aliphatic heterocycles. The second-order valence-corrected chi connectivity index (χ2v) is 5.74. The normalized spacial score (nSPS) is 12.0. The molecule has 2 aromatic rings. The summed E-state index contributed by atoms with van der Waals surface area (Å²) in [4.78, 5) is 18.8. The summed E-state index contributed by atoms with van der Waals surface area (Å²) in [6.07, 6.45) is 3.45. The summed E-state index contributed by atoms with van der Waals surface area (Å²) in [6, 6.07) is 5.16. The number of nitrogens with one attached hydrogen (secondary N) is 2. The highest BCUT2D eigenvalue weighted by molar-refractivity contribution is 9.10. The number of H-pyrrole nitrogens is 1. The second-order valence-electron chi connectivity index (χ2n) is 4.45. The molecule has 0 aliphatic carbocycles. The fraction of sp³-hybridized carbons (Fsp3) is 0.286. The van der Waals surface area contributed by atoms with Gasteiger partial charge >= 0.3 is 0 Å². The number of aromatic amines is 1. The molecule has 2 rings (SSSR count). The standard InChI is InChI=1S/C14H15BrClN3O2/c1-9(21-13-3-2-10(16)6-12(13)15)14(20)18-5-4-11-7-17-8-19-11/h2-3,6-9H,4-5H2,1H3,(H,17,19)(H,18,20). The fourth-order valence-corrected chi connectivity index (χ4v) is 2.48. The first kappa shape index (κ1) is 15.9. The molecule has 0 saturated carbocycles. The quantitative estimate of drug-likeness (QED) is 0.819. The molecule has 0 spiro atoms. The molecule has 0 fully saturated rings. The number of imidazole rings is 1. The molecule has 0 radical (unpaired) electrons. The van der Waals surface area contributed by atoms with E-state index in [1.807, 2.05) is 0 Å². The Morgan fingerprint density at radius 2 is 2.38 bits per heavy atom. The average molecular weight is 373 g/mol. The minimum absolute atomic E-state index is 0.170. The SMILES string of the molecule is CC(Oc1ccc(Cl)cc1Br)C(=O)NCCc1cnc[nH]1. The lowest BCUT2D eigenvalue weighted by molar-refractivity contribution is -0.127. The molecule has 1 aromatic carbocycles. The van der Waals surface area contributed by atoms with Crippen LogP contribution in [0.25, 0.3) is 0 Å². The van der Waals surface area contributed by atoms with Crippen LogP contribution in [0.1, 0.15) is 12.6 Å². The third-order valence-corrected chi connectivity index (χ3v) is 3.67. The number of hydrogen-bond acceptors (Lipinski definition) is 3. The molecule has 1 heterocycles. The number of carbonyl (C=O) groups excluding carboxylic acids is 1. The van der Waals surface area contributed by atoms with Gasteiger partial charge in [0.1, 0.15) is 5.75 Å². The third kappa shape index (κ3) is 4.75. The summed E-state index contributed by atoms with van der Waals surface area (Å²) >= 11 is 9.21. The van der Waals surface area contributed by atoms with Gasteiger partial charge in [0, 0.05) is 29.9 Å². The highest BCUT2D eigenvalue weighted by Crippen LogP contribution is 2.28. The van der Waals surface area contributed by atoms with Crippen molar-refractivity contribution in [3.05, 3.63) is 45.9 Å². The average Bonchev–Trinajstić information content (AvgIpc) is 2.95. The van der Waals surface area contributed by atoms with Gasteiger partial charge in [0.2, 0.25) is 0 Å². The number of ether oxygens (including phenoxy) is 1. The van der Waals surface area contributed by atoms with Gasteiger partial charge in [-0.3, -0.25) is 4.79 Å². The van der Waals surface area contributed by atoms with E-state index >= 15 is 0 Å². The van der Waals surface area contributed by atoms with E-state index in [1.165, 1.54) is 0 Å². The van der Waals surface area contributed by atoms with Gasteiger partial charge in [-0.05, 0) is 41.1 Å². The van der Waals surface area contributed by atoms with Gasteiger partial charge in [-0.1, -0.05) is 11.6 Å². The minimum Gasteiger partial charge on any atom is -0.480 e. The molecule has 2 N–H and O–H groups in total. The van der Waals surface area contributed by atoms with Crippen molar-refractivity contribution in [2.45, 2.75) is 19.4 Å². The second kappa shape index (κ2) is 7.47. The predicted octanol–water partition coefficient (Wildman–Crippen LogP) is 2.95. The Morgan fingerprint density at radius 3 is 3.05 bits per heavy atom. The lowest BCUT2D eigenvalue weighted by Crippen LogP contribution is -2.37. The number of hydrogen-bond donors (Lipinski definition) is 2. The topological polar surface area (TPSA) is 67.0 Å². The Morgan fingerprint density at radius 1 is 1.57 bits per heavy atom. The molecule has 1 atom stereocenters. The zero-order valence-corrected chi connectivity index (χ0v) is 13.7. The summed E-state index contributed by atoms with van der Waals surface area (Å²) in [5.41, 5.74) is 0.976. The van der Waals surface area contributed by atoms with Crippen LogP contribution in [0.2, 0.25) is 5.02 Å². The van der Waals surface area contributed by atoms with Gasteiger partial charge < -0.3 is 15.0 Å². The lowest BCUT2D eigenvalue weighted by atomic mass is 10.3. The van der Waals surface area contributed by atoms with E-state index in [0.717, 1.165) is 5.69 Å². The van der Waals surface area contributed by atoms with Crippen molar-refractivity contribution in [2.24, 2.45) is 0 Å². The summed E-state index contributed by atoms with van der Waals surface area (Å²) in [5, 5.41) is 3.42. The number of nitrogens with zero attached hydrogens (tertiary/aromatic N) is 1. The van der Waals surface area contributed by atoms with Gasteiger partial charge in [0.15, 0.2) is 6.10 Å². The molecular weight excluding hydrogens is 358 g/mol. The largest absolute Gasteiger partial charge is 0.480 e. The Hall–Kier alpha value is -1.53. The van der Waals surface area contributed by atoms with Crippen LogP contribution in [-0.4, -0.2) is 28.5 Å². The highest BCUT2D eigenvalue weighted by atomic mass is 79.9. The third-order valence-electron chi connectivity index (χ3n) is 2.82. The maximum atomic E-state index is 12.0. The molecule has 112 valence electrons. The number of amides is 1. The summed E-state index contributed by atoms with van der Waals surface area (Å²) in [7, 11) is 0. The van der Waals surface area contributed by atoms with E-state index in [4.69, 9.17) is 16.3 Å². The maximum absolute atomic E-state index is 12.0. The molecule has 7 heteroatoms. The van der Waals surface area contributed by atoms with E-state index in [-0.39, 0.29) is 5.91 Å². The van der Waals surface area contributed by atoms with Crippen molar-refractivity contribution in [3.8, 4) is 5.75 Å². The number of benzene rings is 1. The van der Waals surface area contributed by atoms with Crippen molar-refractivity contribution in [1.82, 2.24) is 15.3 Å². The van der Waals surface area contributed by atoms with E-state index in [2.05, 4.69) is 31.2 Å². The number of halogens is 2. The van der Waals surface area contributed by atoms with Crippen molar-refractivity contribution in [3.63, 3.8) is 0 Å². The van der Waals surface area contributed by atoms with Crippen LogP contribution < -0.4 is 10.1 Å². The van der Waals surface area contributed by atoms with Gasteiger partial charge in [-0.25, -0.2) is 4.98 Å². The monoisotopic (exact) mass is 371 g/mol. The van der Waals surface area contributed by atoms with Crippen LogP contribution in [0.4, 0.5) is 0 Å². The van der Waals surface area contributed by atoms with Crippen LogP contribution >= 0.6 is 27.5 Å². The van der Waals surface area contributed by atoms with Crippen LogP contribution in [-0.2, 0) is 11.2 Å². The van der Waals surface area contributed by atoms with E-state index < -0.39 is 6.10 Å². The Kier molecular flexibility index (Phi) is 5.64. The zero-order chi connectivity index (χ0) is 15.2. The van der Waals surface area contributed by atoms with Crippen LogP contribution in [0, 0.1) is 0 Å². The smallest absolute Gasteiger partial charge is 0.260 e. The lowest BCUT2D eigenvalue weighted by Gasteiger charge is -2.15. The fourth-order valence-electron chi connectivity index (χ4n) is 1.70. The molecule has 1 unspecified atom stereocenters. The summed E-state index contributed by atoms with van der Waals surface area (Å²) in [6.45, 7) is 2.23. The number of aromatic nitrogens is 2. The van der Waals surface area contributed by atoms with Crippen molar-refractivity contribution < 1.29 is 9.53 Å². The Bertz CT molecular complexity index is 604. The molecule has 5 nitrogen and oxygen atoms in total. The van der Waals surface area contributed by atoms with Gasteiger partial charge in [0.25, 0.3) is 5.91 Å². The molecule has 0 saturated heterocycles. The minimum atomic E-state index is -0.593. The van der Waals surface area contributed by atoms with Crippen molar-refractivity contribution in [1.29, 1.82) is 0 Å². The van der Waals surface area contributed by atoms with E-state index in [1.54, 1.807) is 37.6 Å². The van der Waals surface area contributed by atoms with Crippen LogP contribution in [0.5, 0.6) is 5.75 Å². The van der Waals surface area contributed by atoms with Crippen molar-refractivity contribution >= 4 is 33.4 Å². The first-order valence-electron chi connectivity index (χ1n) is 6.43. The van der Waals surface area contributed by atoms with Crippen molar-refractivity contribution in [2.75, 3.05) is 6.54 Å². The highest BCUT2D eigenvalue weighted by Gasteiger charge is 2.15. The van der Waals surface area contributed by atoms with Gasteiger partial charge in [-0.2, -0.15) is 0 Å². The first-order valence-corrected chi connectivity index (χ1v) is 7.60. The number of carbonyl (C=O) groups is 1. The molecule has 1 aromatic heterocycles. The molecule has 0 aliphatic rings. The predicted molar refractivity (Wildman–Crippen MR) is 84.5 cm³/mol. The Labute approximate surface area is 136 Å². The van der Waals surface area contributed by atoms with Crippen LogP contribution in [0.15, 0.2) is 35.2 Å². The molecular formula is C14H15BrClN3O2.